The maximum atomic E-state index is 14.7. The second-order valence-corrected chi connectivity index (χ2v) is 7.43. The minimum absolute atomic E-state index is 0.0326. The summed E-state index contributed by atoms with van der Waals surface area (Å²) < 4.78 is 14.7. The number of nitrogens with two attached hydrogens (primary N) is 3. The first kappa shape index (κ1) is 22.3. The van der Waals surface area contributed by atoms with Crippen LogP contribution in [-0.2, 0) is 0 Å². The number of carbonyl (C=O) groups excluding carboxylic acids is 1. The Kier molecular flexibility index (Phi) is 7.27. The number of nitrogens with one attached hydrogen (secondary N) is 3. The van der Waals surface area contributed by atoms with Gasteiger partial charge in [-0.2, -0.15) is 0 Å². The molecule has 1 amide bonds. The molecule has 1 saturated carbocycles. The number of halogens is 1. The number of anilines is 4. The third kappa shape index (κ3) is 5.41. The molecule has 2 atom stereocenters. The standard InChI is InChI=1S/C21H29FN8O/c1-26-17-7-2-3-8-18(17)28-21-16(22)12-15(19(24)31)20(29-21)27-13-5-4-6-14(11-13)30(25)10-9-23/h4-6,9-12,17-18,26H,2-3,7-8,23,25H2,1H3,(H2,24,31)(H2,27,28,29)/b10-9-/t17-,18?/m0/s1. The van der Waals surface area contributed by atoms with E-state index in [-0.39, 0.29) is 29.3 Å². The molecule has 1 heterocycles. The monoisotopic (exact) mass is 428 g/mol. The number of hydrogen-bond acceptors (Lipinski definition) is 8. The van der Waals surface area contributed by atoms with E-state index in [1.54, 1.807) is 24.3 Å². The van der Waals surface area contributed by atoms with Crippen LogP contribution >= 0.6 is 0 Å². The van der Waals surface area contributed by atoms with Gasteiger partial charge in [0.05, 0.1) is 11.3 Å². The molecule has 9 N–H and O–H groups in total. The summed E-state index contributed by atoms with van der Waals surface area (Å²) >= 11 is 0. The number of benzene rings is 1. The van der Waals surface area contributed by atoms with Gasteiger partial charge in [0.25, 0.3) is 5.91 Å². The second kappa shape index (κ2) is 10.1. The van der Waals surface area contributed by atoms with Gasteiger partial charge in [0.15, 0.2) is 11.6 Å². The Morgan fingerprint density at radius 2 is 1.97 bits per heavy atom. The van der Waals surface area contributed by atoms with Gasteiger partial charge in [0, 0.05) is 30.2 Å². The summed E-state index contributed by atoms with van der Waals surface area (Å²) in [6.45, 7) is 0. The lowest BCUT2D eigenvalue weighted by molar-refractivity contribution is 0.100. The molecule has 9 nitrogen and oxygen atoms in total. The average molecular weight is 429 g/mol. The average Bonchev–Trinajstić information content (AvgIpc) is 2.76. The topological polar surface area (TPSA) is 147 Å². The minimum Gasteiger partial charge on any atom is -0.403 e. The zero-order valence-corrected chi connectivity index (χ0v) is 17.4. The summed E-state index contributed by atoms with van der Waals surface area (Å²) in [5.41, 5.74) is 12.0. The van der Waals surface area contributed by atoms with Crippen molar-refractivity contribution in [1.82, 2.24) is 10.3 Å². The van der Waals surface area contributed by atoms with Gasteiger partial charge in [-0.25, -0.2) is 15.2 Å². The molecule has 1 unspecified atom stereocenters. The van der Waals surface area contributed by atoms with E-state index in [1.807, 2.05) is 7.05 Å². The first-order chi connectivity index (χ1) is 14.9. The zero-order chi connectivity index (χ0) is 22.4. The van der Waals surface area contributed by atoms with Gasteiger partial charge in [-0.3, -0.25) is 9.80 Å². The van der Waals surface area contributed by atoms with E-state index < -0.39 is 11.7 Å². The molecule has 1 aliphatic carbocycles. The Bertz CT molecular complexity index is 951. The quantitative estimate of drug-likeness (QED) is 0.277. The number of hydrazine groups is 1. The number of pyridine rings is 1. The van der Waals surface area contributed by atoms with Crippen LogP contribution in [0.1, 0.15) is 36.0 Å². The smallest absolute Gasteiger partial charge is 0.252 e. The highest BCUT2D eigenvalue weighted by atomic mass is 19.1. The molecular formula is C21H29FN8O. The van der Waals surface area contributed by atoms with E-state index in [9.17, 15) is 9.18 Å². The highest BCUT2D eigenvalue weighted by Crippen LogP contribution is 2.28. The van der Waals surface area contributed by atoms with E-state index >= 15 is 0 Å². The molecule has 0 aliphatic heterocycles. The Morgan fingerprint density at radius 1 is 1.23 bits per heavy atom. The van der Waals surface area contributed by atoms with Crippen LogP contribution in [0.25, 0.3) is 0 Å². The first-order valence-electron chi connectivity index (χ1n) is 10.2. The van der Waals surface area contributed by atoms with Crippen LogP contribution in [0, 0.1) is 5.82 Å². The van der Waals surface area contributed by atoms with Crippen molar-refractivity contribution in [2.24, 2.45) is 17.3 Å². The predicted octanol–water partition coefficient (Wildman–Crippen LogP) is 2.12. The van der Waals surface area contributed by atoms with Gasteiger partial charge < -0.3 is 27.4 Å². The molecule has 2 aromatic rings. The molecule has 0 radical (unpaired) electrons. The summed E-state index contributed by atoms with van der Waals surface area (Å²) in [5.74, 6) is 4.72. The van der Waals surface area contributed by atoms with Crippen molar-refractivity contribution < 1.29 is 9.18 Å². The number of aromatic nitrogens is 1. The van der Waals surface area contributed by atoms with Crippen molar-refractivity contribution in [2.45, 2.75) is 37.8 Å². The van der Waals surface area contributed by atoms with Crippen LogP contribution in [-0.4, -0.2) is 30.0 Å². The summed E-state index contributed by atoms with van der Waals surface area (Å²) in [4.78, 5) is 16.3. The molecule has 1 fully saturated rings. The molecule has 1 aromatic heterocycles. The Labute approximate surface area is 180 Å². The Balaban J connectivity index is 1.91. The maximum Gasteiger partial charge on any atom is 0.252 e. The normalized spacial score (nSPS) is 18.7. The molecule has 10 heteroatoms. The lowest BCUT2D eigenvalue weighted by Gasteiger charge is -2.32. The van der Waals surface area contributed by atoms with Gasteiger partial charge in [-0.15, -0.1) is 0 Å². The Morgan fingerprint density at radius 3 is 2.65 bits per heavy atom. The van der Waals surface area contributed by atoms with Crippen molar-refractivity contribution in [3.05, 3.63) is 54.1 Å². The van der Waals surface area contributed by atoms with Gasteiger partial charge in [0.1, 0.15) is 5.82 Å². The van der Waals surface area contributed by atoms with Gasteiger partial charge in [-0.1, -0.05) is 18.9 Å². The number of primary amides is 1. The molecule has 1 aromatic carbocycles. The highest BCUT2D eigenvalue weighted by molar-refractivity contribution is 5.98. The van der Waals surface area contributed by atoms with Crippen molar-refractivity contribution >= 4 is 28.9 Å². The SMILES string of the molecule is CN[C@H]1CCCCC1Nc1nc(Nc2cccc(N(N)/C=C\N)c2)c(C(N)=O)cc1F. The second-order valence-electron chi connectivity index (χ2n) is 7.43. The summed E-state index contributed by atoms with van der Waals surface area (Å²) in [6.07, 6.45) is 6.89. The molecular weight excluding hydrogens is 399 g/mol. The van der Waals surface area contributed by atoms with E-state index in [1.165, 1.54) is 17.4 Å². The number of likely N-dealkylation sites (N-methyl/N-ethyl adjacent to an activating group) is 1. The fraction of sp³-hybridized carbons (Fsp3) is 0.333. The van der Waals surface area contributed by atoms with Crippen LogP contribution < -0.4 is 38.3 Å². The summed E-state index contributed by atoms with van der Waals surface area (Å²) in [6, 6.07) is 8.41. The van der Waals surface area contributed by atoms with Gasteiger partial charge in [0.2, 0.25) is 0 Å². The van der Waals surface area contributed by atoms with Crippen molar-refractivity contribution in [3.63, 3.8) is 0 Å². The van der Waals surface area contributed by atoms with E-state index in [2.05, 4.69) is 20.9 Å². The number of nitrogens with zero attached hydrogens (tertiary/aromatic N) is 2. The first-order valence-corrected chi connectivity index (χ1v) is 10.2. The number of carbonyl (C=O) groups is 1. The number of hydrogen-bond donors (Lipinski definition) is 6. The van der Waals surface area contributed by atoms with Crippen molar-refractivity contribution in [2.75, 3.05) is 22.7 Å². The summed E-state index contributed by atoms with van der Waals surface area (Å²) in [7, 11) is 1.89. The number of amides is 1. The van der Waals surface area contributed by atoms with Gasteiger partial charge in [-0.05, 0) is 44.2 Å². The lowest BCUT2D eigenvalue weighted by atomic mass is 9.90. The fourth-order valence-corrected chi connectivity index (χ4v) is 3.76. The van der Waals surface area contributed by atoms with Crippen LogP contribution in [0.3, 0.4) is 0 Å². The number of rotatable bonds is 8. The molecule has 0 spiro atoms. The third-order valence-electron chi connectivity index (χ3n) is 5.35. The molecule has 0 bridgehead atoms. The fourth-order valence-electron chi connectivity index (χ4n) is 3.76. The third-order valence-corrected chi connectivity index (χ3v) is 5.35. The van der Waals surface area contributed by atoms with Crippen molar-refractivity contribution in [3.8, 4) is 0 Å². The largest absolute Gasteiger partial charge is 0.403 e. The van der Waals surface area contributed by atoms with Crippen LogP contribution in [0.4, 0.5) is 27.4 Å². The Hall–Kier alpha value is -3.37. The lowest BCUT2D eigenvalue weighted by Crippen LogP contribution is -2.45. The zero-order valence-electron chi connectivity index (χ0n) is 17.4. The van der Waals surface area contributed by atoms with E-state index in [0.717, 1.165) is 31.7 Å². The predicted molar refractivity (Wildman–Crippen MR) is 121 cm³/mol. The molecule has 31 heavy (non-hydrogen) atoms. The van der Waals surface area contributed by atoms with Crippen LogP contribution in [0.15, 0.2) is 42.7 Å². The molecule has 166 valence electrons. The van der Waals surface area contributed by atoms with Crippen LogP contribution in [0.2, 0.25) is 0 Å². The molecule has 0 saturated heterocycles. The van der Waals surface area contributed by atoms with Gasteiger partial charge >= 0.3 is 0 Å². The minimum atomic E-state index is -0.783. The molecule has 1 aliphatic rings. The van der Waals surface area contributed by atoms with Crippen molar-refractivity contribution in [1.29, 1.82) is 0 Å². The highest BCUT2D eigenvalue weighted by Gasteiger charge is 2.26. The van der Waals surface area contributed by atoms with E-state index in [0.29, 0.717) is 11.4 Å². The summed E-state index contributed by atoms with van der Waals surface area (Å²) in [5, 5.41) is 10.9. The van der Waals surface area contributed by atoms with Crippen LogP contribution in [0.5, 0.6) is 0 Å². The van der Waals surface area contributed by atoms with E-state index in [4.69, 9.17) is 17.3 Å². The maximum absolute atomic E-state index is 14.7. The molecule has 3 rings (SSSR count).